The summed E-state index contributed by atoms with van der Waals surface area (Å²) in [5, 5.41) is 9.94. The van der Waals surface area contributed by atoms with Crippen LogP contribution in [-0.4, -0.2) is 40.5 Å². The van der Waals surface area contributed by atoms with Crippen LogP contribution >= 0.6 is 11.8 Å². The Kier molecular flexibility index (Phi) is 8.23. The Labute approximate surface area is 203 Å². The van der Waals surface area contributed by atoms with Crippen LogP contribution in [0.5, 0.6) is 17.2 Å². The number of carboxylic acids is 1. The first-order valence-electron chi connectivity index (χ1n) is 10.2. The summed E-state index contributed by atoms with van der Waals surface area (Å²) in [7, 11) is 1.39. The van der Waals surface area contributed by atoms with Gasteiger partial charge in [-0.25, -0.2) is 0 Å². The van der Waals surface area contributed by atoms with E-state index in [0.29, 0.717) is 22.9 Å². The number of halogens is 3. The number of hydrogen-bond donors (Lipinski definition) is 2. The first-order valence-corrected chi connectivity index (χ1v) is 11.1. The molecular weight excluding hydrogens is 485 g/mol. The van der Waals surface area contributed by atoms with E-state index in [9.17, 15) is 22.8 Å². The Morgan fingerprint density at radius 1 is 1.06 bits per heavy atom. The quantitative estimate of drug-likeness (QED) is 0.354. The van der Waals surface area contributed by atoms with Crippen LogP contribution in [0.25, 0.3) is 0 Å². The number of methoxy groups -OCH3 is 1. The molecule has 7 nitrogen and oxygen atoms in total. The van der Waals surface area contributed by atoms with Gasteiger partial charge >= 0.3 is 12.1 Å². The Balaban J connectivity index is 1.95. The van der Waals surface area contributed by atoms with E-state index in [0.717, 1.165) is 6.92 Å². The van der Waals surface area contributed by atoms with Gasteiger partial charge in [-0.2, -0.15) is 13.2 Å². The van der Waals surface area contributed by atoms with Gasteiger partial charge in [0, 0.05) is 23.6 Å². The molecule has 0 radical (unpaired) electrons. The molecule has 0 aliphatic rings. The van der Waals surface area contributed by atoms with E-state index < -0.39 is 23.3 Å². The number of benzene rings is 2. The molecule has 35 heavy (non-hydrogen) atoms. The SMILES string of the molecule is COc1ccc(CC(=O)O)cc1Oc1ccc(NC(=O)c2ccncc2)cc1SC(C)C(F)(F)F. The summed E-state index contributed by atoms with van der Waals surface area (Å²) < 4.78 is 51.1. The zero-order valence-electron chi connectivity index (χ0n) is 18.6. The number of nitrogens with zero attached hydrogens (tertiary/aromatic N) is 1. The largest absolute Gasteiger partial charge is 0.493 e. The number of rotatable bonds is 9. The Bertz CT molecular complexity index is 1210. The predicted molar refractivity (Wildman–Crippen MR) is 124 cm³/mol. The second-order valence-electron chi connectivity index (χ2n) is 7.31. The molecule has 184 valence electrons. The lowest BCUT2D eigenvalue weighted by Crippen LogP contribution is -2.22. The minimum Gasteiger partial charge on any atom is -0.493 e. The van der Waals surface area contributed by atoms with Crippen LogP contribution in [0.3, 0.4) is 0 Å². The monoisotopic (exact) mass is 506 g/mol. The minimum absolute atomic E-state index is 0.0822. The van der Waals surface area contributed by atoms with Gasteiger partial charge in [-0.15, -0.1) is 11.8 Å². The fourth-order valence-corrected chi connectivity index (χ4v) is 3.87. The third-order valence-electron chi connectivity index (χ3n) is 4.71. The molecule has 0 fully saturated rings. The summed E-state index contributed by atoms with van der Waals surface area (Å²) in [6, 6.07) is 11.8. The average molecular weight is 507 g/mol. The van der Waals surface area contributed by atoms with Crippen molar-refractivity contribution in [1.29, 1.82) is 0 Å². The number of carbonyl (C=O) groups is 2. The number of thioether (sulfide) groups is 1. The number of carbonyl (C=O) groups excluding carboxylic acids is 1. The van der Waals surface area contributed by atoms with Gasteiger partial charge in [-0.1, -0.05) is 6.07 Å². The van der Waals surface area contributed by atoms with Crippen LogP contribution in [0.1, 0.15) is 22.8 Å². The van der Waals surface area contributed by atoms with E-state index in [4.69, 9.17) is 14.6 Å². The molecule has 1 amide bonds. The molecule has 0 spiro atoms. The summed E-state index contributed by atoms with van der Waals surface area (Å²) in [6.07, 6.45) is -1.85. The number of alkyl halides is 3. The van der Waals surface area contributed by atoms with Crippen molar-refractivity contribution in [2.45, 2.75) is 29.7 Å². The van der Waals surface area contributed by atoms with Gasteiger partial charge in [0.2, 0.25) is 0 Å². The van der Waals surface area contributed by atoms with Crippen molar-refractivity contribution in [2.24, 2.45) is 0 Å². The second-order valence-corrected chi connectivity index (χ2v) is 8.69. The van der Waals surface area contributed by atoms with E-state index in [1.165, 1.54) is 62.0 Å². The molecule has 2 N–H and O–H groups in total. The average Bonchev–Trinajstić information content (AvgIpc) is 2.80. The molecule has 0 saturated heterocycles. The maximum Gasteiger partial charge on any atom is 0.400 e. The molecular formula is C24H21F3N2O5S. The summed E-state index contributed by atoms with van der Waals surface area (Å²) in [4.78, 5) is 27.5. The van der Waals surface area contributed by atoms with Crippen molar-refractivity contribution in [3.8, 4) is 17.2 Å². The zero-order chi connectivity index (χ0) is 25.6. The van der Waals surface area contributed by atoms with Crippen LogP contribution in [-0.2, 0) is 11.2 Å². The van der Waals surface area contributed by atoms with Gasteiger partial charge in [0.25, 0.3) is 5.91 Å². The molecule has 3 aromatic rings. The number of amides is 1. The summed E-state index contributed by atoms with van der Waals surface area (Å²) >= 11 is 0.516. The minimum atomic E-state index is -4.47. The highest BCUT2D eigenvalue weighted by atomic mass is 32.2. The lowest BCUT2D eigenvalue weighted by Gasteiger charge is -2.19. The van der Waals surface area contributed by atoms with E-state index in [1.54, 1.807) is 6.07 Å². The van der Waals surface area contributed by atoms with Crippen molar-refractivity contribution in [3.05, 3.63) is 72.1 Å². The molecule has 1 heterocycles. The molecule has 0 bridgehead atoms. The topological polar surface area (TPSA) is 97.8 Å². The molecule has 0 aliphatic heterocycles. The van der Waals surface area contributed by atoms with Crippen LogP contribution in [0, 0.1) is 0 Å². The highest BCUT2D eigenvalue weighted by Crippen LogP contribution is 2.43. The molecule has 1 aromatic heterocycles. The molecule has 0 aliphatic carbocycles. The van der Waals surface area contributed by atoms with Gasteiger partial charge in [0.1, 0.15) is 11.0 Å². The van der Waals surface area contributed by atoms with E-state index in [2.05, 4.69) is 10.3 Å². The number of aromatic nitrogens is 1. The molecule has 0 saturated carbocycles. The van der Waals surface area contributed by atoms with Crippen LogP contribution in [0.2, 0.25) is 0 Å². The Morgan fingerprint density at radius 3 is 2.37 bits per heavy atom. The Morgan fingerprint density at radius 2 is 1.74 bits per heavy atom. The lowest BCUT2D eigenvalue weighted by atomic mass is 10.1. The number of nitrogens with one attached hydrogen (secondary N) is 1. The van der Waals surface area contributed by atoms with Gasteiger partial charge in [0.15, 0.2) is 11.5 Å². The smallest absolute Gasteiger partial charge is 0.400 e. The van der Waals surface area contributed by atoms with Gasteiger partial charge in [-0.3, -0.25) is 14.6 Å². The highest BCUT2D eigenvalue weighted by Gasteiger charge is 2.37. The fraction of sp³-hybridized carbons (Fsp3) is 0.208. The molecule has 11 heteroatoms. The van der Waals surface area contributed by atoms with Crippen LogP contribution in [0.4, 0.5) is 18.9 Å². The summed E-state index contributed by atoms with van der Waals surface area (Å²) in [6.45, 7) is 1.02. The first-order chi connectivity index (χ1) is 16.6. The molecule has 2 aromatic carbocycles. The number of hydrogen-bond acceptors (Lipinski definition) is 6. The van der Waals surface area contributed by atoms with Crippen molar-refractivity contribution < 1.29 is 37.3 Å². The lowest BCUT2D eigenvalue weighted by molar-refractivity contribution is -0.136. The second kappa shape index (κ2) is 11.1. The van der Waals surface area contributed by atoms with Gasteiger partial charge in [0.05, 0.1) is 18.4 Å². The van der Waals surface area contributed by atoms with E-state index >= 15 is 0 Å². The normalized spacial score (nSPS) is 12.0. The Hall–Kier alpha value is -3.73. The predicted octanol–water partition coefficient (Wildman–Crippen LogP) is 5.80. The van der Waals surface area contributed by atoms with Gasteiger partial charge in [-0.05, 0) is 55.0 Å². The molecule has 3 rings (SSSR count). The standard InChI is InChI=1S/C24H21F3N2O5S/c1-14(24(25,26)27)35-21-13-17(29-23(32)16-7-9-28-10-8-16)4-6-19(21)34-20-11-15(12-22(30)31)3-5-18(20)33-2/h3-11,13-14H,12H2,1-2H3,(H,29,32)(H,30,31). The first kappa shape index (κ1) is 25.9. The number of aliphatic carboxylic acids is 1. The fourth-order valence-electron chi connectivity index (χ4n) is 2.93. The third kappa shape index (κ3) is 7.12. The maximum absolute atomic E-state index is 13.3. The number of ether oxygens (including phenoxy) is 2. The van der Waals surface area contributed by atoms with Crippen molar-refractivity contribution >= 4 is 29.3 Å². The summed E-state index contributed by atoms with van der Waals surface area (Å²) in [5.74, 6) is -1.01. The van der Waals surface area contributed by atoms with Crippen LogP contribution < -0.4 is 14.8 Å². The van der Waals surface area contributed by atoms with Crippen molar-refractivity contribution in [1.82, 2.24) is 4.98 Å². The third-order valence-corrected chi connectivity index (χ3v) is 5.91. The number of anilines is 1. The van der Waals surface area contributed by atoms with Gasteiger partial charge < -0.3 is 19.9 Å². The maximum atomic E-state index is 13.3. The molecule has 1 unspecified atom stereocenters. The van der Waals surface area contributed by atoms with E-state index in [-0.39, 0.29) is 34.3 Å². The zero-order valence-corrected chi connectivity index (χ0v) is 19.4. The molecule has 1 atom stereocenters. The number of pyridine rings is 1. The number of carboxylic acid groups (broad SMARTS) is 1. The summed E-state index contributed by atoms with van der Waals surface area (Å²) in [5.41, 5.74) is 1.02. The van der Waals surface area contributed by atoms with Crippen molar-refractivity contribution in [2.75, 3.05) is 12.4 Å². The highest BCUT2D eigenvalue weighted by molar-refractivity contribution is 8.00. The van der Waals surface area contributed by atoms with Crippen molar-refractivity contribution in [3.63, 3.8) is 0 Å². The van der Waals surface area contributed by atoms with Crippen LogP contribution in [0.15, 0.2) is 65.8 Å². The van der Waals surface area contributed by atoms with E-state index in [1.807, 2.05) is 0 Å².